The van der Waals surface area contributed by atoms with Gasteiger partial charge in [0.1, 0.15) is 0 Å². The number of nitrogens with two attached hydrogens (primary N) is 1. The molecule has 3 heteroatoms. The zero-order valence-electron chi connectivity index (χ0n) is 8.91. The standard InChI is InChI=1S/C11H22N2O/c12-8-10(14)9-13-6-4-11(5-7-13)2-1-3-11/h10,14H,1-9,12H2/t10-/m1/s1. The minimum absolute atomic E-state index is 0.328. The van der Waals surface area contributed by atoms with E-state index >= 15 is 0 Å². The second-order valence-corrected chi connectivity index (χ2v) is 5.04. The van der Waals surface area contributed by atoms with Crippen LogP contribution in [-0.4, -0.2) is 42.3 Å². The van der Waals surface area contributed by atoms with Crippen LogP contribution in [-0.2, 0) is 0 Å². The van der Waals surface area contributed by atoms with Crippen molar-refractivity contribution in [1.82, 2.24) is 4.90 Å². The van der Waals surface area contributed by atoms with E-state index in [4.69, 9.17) is 5.73 Å². The molecule has 2 fully saturated rings. The summed E-state index contributed by atoms with van der Waals surface area (Å²) < 4.78 is 0. The second-order valence-electron chi connectivity index (χ2n) is 5.04. The van der Waals surface area contributed by atoms with E-state index in [0.717, 1.165) is 19.6 Å². The van der Waals surface area contributed by atoms with E-state index < -0.39 is 0 Å². The molecule has 0 aromatic heterocycles. The van der Waals surface area contributed by atoms with E-state index in [2.05, 4.69) is 4.90 Å². The van der Waals surface area contributed by atoms with Gasteiger partial charge in [0, 0.05) is 13.1 Å². The Morgan fingerprint density at radius 2 is 1.86 bits per heavy atom. The molecule has 0 amide bonds. The Labute approximate surface area is 86.3 Å². The summed E-state index contributed by atoms with van der Waals surface area (Å²) in [6, 6.07) is 0. The lowest BCUT2D eigenvalue weighted by Gasteiger charge is -2.48. The molecule has 3 nitrogen and oxygen atoms in total. The Morgan fingerprint density at radius 3 is 2.29 bits per heavy atom. The molecule has 0 aromatic carbocycles. The molecule has 0 bridgehead atoms. The van der Waals surface area contributed by atoms with E-state index in [0.29, 0.717) is 12.0 Å². The van der Waals surface area contributed by atoms with Gasteiger partial charge in [0.05, 0.1) is 6.10 Å². The Bertz CT molecular complexity index is 182. The van der Waals surface area contributed by atoms with E-state index in [9.17, 15) is 5.11 Å². The molecule has 1 saturated carbocycles. The highest BCUT2D eigenvalue weighted by Crippen LogP contribution is 2.48. The van der Waals surface area contributed by atoms with Crippen molar-refractivity contribution in [3.8, 4) is 0 Å². The van der Waals surface area contributed by atoms with E-state index in [1.807, 2.05) is 0 Å². The first kappa shape index (κ1) is 10.4. The minimum atomic E-state index is -0.328. The maximum Gasteiger partial charge on any atom is 0.0789 e. The Hall–Kier alpha value is -0.120. The lowest BCUT2D eigenvalue weighted by Crippen LogP contribution is -2.46. The molecule has 1 atom stereocenters. The monoisotopic (exact) mass is 198 g/mol. The third-order valence-electron chi connectivity index (χ3n) is 4.07. The van der Waals surface area contributed by atoms with Crippen LogP contribution < -0.4 is 5.73 Å². The number of aliphatic hydroxyl groups excluding tert-OH is 1. The molecular formula is C11H22N2O. The molecule has 0 radical (unpaired) electrons. The Morgan fingerprint density at radius 1 is 1.21 bits per heavy atom. The lowest BCUT2D eigenvalue weighted by molar-refractivity contribution is 0.0156. The summed E-state index contributed by atoms with van der Waals surface area (Å²) in [4.78, 5) is 2.36. The van der Waals surface area contributed by atoms with Crippen molar-refractivity contribution in [3.05, 3.63) is 0 Å². The molecule has 14 heavy (non-hydrogen) atoms. The molecule has 1 spiro atoms. The predicted octanol–water partition coefficient (Wildman–Crippen LogP) is 0.572. The van der Waals surface area contributed by atoms with Gasteiger partial charge in [0.15, 0.2) is 0 Å². The first-order valence-electron chi connectivity index (χ1n) is 5.85. The van der Waals surface area contributed by atoms with Crippen molar-refractivity contribution < 1.29 is 5.11 Å². The van der Waals surface area contributed by atoms with Crippen LogP contribution in [0, 0.1) is 5.41 Å². The molecule has 1 saturated heterocycles. The van der Waals surface area contributed by atoms with Crippen LogP contribution in [0.1, 0.15) is 32.1 Å². The average Bonchev–Trinajstić information content (AvgIpc) is 2.16. The Balaban J connectivity index is 1.73. The number of hydrogen-bond acceptors (Lipinski definition) is 3. The Kier molecular flexibility index (Phi) is 3.10. The van der Waals surface area contributed by atoms with Gasteiger partial charge < -0.3 is 15.7 Å². The molecule has 1 heterocycles. The highest BCUT2D eigenvalue weighted by Gasteiger charge is 2.39. The van der Waals surface area contributed by atoms with Crippen LogP contribution in [0.25, 0.3) is 0 Å². The maximum atomic E-state index is 9.44. The third kappa shape index (κ3) is 2.10. The number of nitrogens with zero attached hydrogens (tertiary/aromatic N) is 1. The van der Waals surface area contributed by atoms with Gasteiger partial charge in [-0.3, -0.25) is 0 Å². The van der Waals surface area contributed by atoms with Crippen LogP contribution in [0.4, 0.5) is 0 Å². The van der Waals surface area contributed by atoms with E-state index in [1.165, 1.54) is 32.1 Å². The first-order chi connectivity index (χ1) is 6.74. The predicted molar refractivity (Wildman–Crippen MR) is 57.0 cm³/mol. The van der Waals surface area contributed by atoms with Gasteiger partial charge in [0.25, 0.3) is 0 Å². The van der Waals surface area contributed by atoms with Crippen LogP contribution in [0.2, 0.25) is 0 Å². The summed E-state index contributed by atoms with van der Waals surface area (Å²) >= 11 is 0. The van der Waals surface area contributed by atoms with Crippen LogP contribution in [0.3, 0.4) is 0 Å². The van der Waals surface area contributed by atoms with E-state index in [1.54, 1.807) is 0 Å². The fraction of sp³-hybridized carbons (Fsp3) is 1.00. The van der Waals surface area contributed by atoms with Crippen molar-refractivity contribution in [2.45, 2.75) is 38.2 Å². The van der Waals surface area contributed by atoms with Gasteiger partial charge >= 0.3 is 0 Å². The molecule has 1 aliphatic heterocycles. The first-order valence-corrected chi connectivity index (χ1v) is 5.85. The summed E-state index contributed by atoms with van der Waals surface area (Å²) in [6.45, 7) is 3.49. The van der Waals surface area contributed by atoms with Gasteiger partial charge in [-0.15, -0.1) is 0 Å². The summed E-state index contributed by atoms with van der Waals surface area (Å²) in [6.07, 6.45) is 6.67. The minimum Gasteiger partial charge on any atom is -0.390 e. The summed E-state index contributed by atoms with van der Waals surface area (Å²) in [5, 5.41) is 9.44. The van der Waals surface area contributed by atoms with Crippen molar-refractivity contribution in [3.63, 3.8) is 0 Å². The molecule has 0 unspecified atom stereocenters. The van der Waals surface area contributed by atoms with Gasteiger partial charge in [-0.05, 0) is 44.2 Å². The molecule has 2 aliphatic rings. The number of rotatable bonds is 3. The fourth-order valence-corrected chi connectivity index (χ4v) is 2.76. The number of piperidine rings is 1. The molecular weight excluding hydrogens is 176 g/mol. The van der Waals surface area contributed by atoms with Crippen molar-refractivity contribution in [1.29, 1.82) is 0 Å². The lowest BCUT2D eigenvalue weighted by atomic mass is 9.63. The van der Waals surface area contributed by atoms with Gasteiger partial charge in [0.2, 0.25) is 0 Å². The van der Waals surface area contributed by atoms with Gasteiger partial charge in [-0.2, -0.15) is 0 Å². The smallest absolute Gasteiger partial charge is 0.0789 e. The highest BCUT2D eigenvalue weighted by atomic mass is 16.3. The fourth-order valence-electron chi connectivity index (χ4n) is 2.76. The summed E-state index contributed by atoms with van der Waals surface area (Å²) in [7, 11) is 0. The maximum absolute atomic E-state index is 9.44. The zero-order chi connectivity index (χ0) is 10.0. The van der Waals surface area contributed by atoms with Crippen molar-refractivity contribution in [2.24, 2.45) is 11.1 Å². The van der Waals surface area contributed by atoms with Gasteiger partial charge in [-0.25, -0.2) is 0 Å². The normalized spacial score (nSPS) is 28.7. The molecule has 1 aliphatic carbocycles. The quantitative estimate of drug-likeness (QED) is 0.697. The largest absolute Gasteiger partial charge is 0.390 e. The van der Waals surface area contributed by atoms with Crippen molar-refractivity contribution in [2.75, 3.05) is 26.2 Å². The second kappa shape index (κ2) is 4.17. The zero-order valence-corrected chi connectivity index (χ0v) is 8.91. The SMILES string of the molecule is NC[C@@H](O)CN1CCC2(CCC2)CC1. The van der Waals surface area contributed by atoms with E-state index in [-0.39, 0.29) is 6.10 Å². The number of aliphatic hydroxyl groups is 1. The average molecular weight is 198 g/mol. The van der Waals surface area contributed by atoms with Crippen LogP contribution in [0.5, 0.6) is 0 Å². The summed E-state index contributed by atoms with van der Waals surface area (Å²) in [5.74, 6) is 0. The van der Waals surface area contributed by atoms with Crippen LogP contribution >= 0.6 is 0 Å². The molecule has 0 aromatic rings. The topological polar surface area (TPSA) is 49.5 Å². The van der Waals surface area contributed by atoms with Crippen LogP contribution in [0.15, 0.2) is 0 Å². The molecule has 82 valence electrons. The van der Waals surface area contributed by atoms with Crippen molar-refractivity contribution >= 4 is 0 Å². The number of likely N-dealkylation sites (tertiary alicyclic amines) is 1. The number of hydrogen-bond donors (Lipinski definition) is 2. The number of β-amino-alcohol motifs (C(OH)–C–C–N with tert-alkyl or cyclic N) is 1. The molecule has 3 N–H and O–H groups in total. The molecule has 2 rings (SSSR count). The van der Waals surface area contributed by atoms with Gasteiger partial charge in [-0.1, -0.05) is 6.42 Å². The third-order valence-corrected chi connectivity index (χ3v) is 4.07. The summed E-state index contributed by atoms with van der Waals surface area (Å²) in [5.41, 5.74) is 6.12. The highest BCUT2D eigenvalue weighted by molar-refractivity contribution is 4.92.